The van der Waals surface area contributed by atoms with Crippen molar-refractivity contribution in [2.24, 2.45) is 0 Å². The molecule has 0 radical (unpaired) electrons. The summed E-state index contributed by atoms with van der Waals surface area (Å²) in [6, 6.07) is 55.1. The highest BCUT2D eigenvalue weighted by atomic mass is 16.3. The lowest BCUT2D eigenvalue weighted by Crippen LogP contribution is -2.00. The van der Waals surface area contributed by atoms with E-state index >= 15 is 0 Å². The molecule has 0 saturated heterocycles. The van der Waals surface area contributed by atoms with Crippen molar-refractivity contribution in [2.45, 2.75) is 12.8 Å². The first-order valence-corrected chi connectivity index (χ1v) is 19.7. The molecule has 0 amide bonds. The highest BCUT2D eigenvalue weighted by Gasteiger charge is 2.19. The van der Waals surface area contributed by atoms with Gasteiger partial charge in [-0.25, -0.2) is 15.0 Å². The second-order valence-corrected chi connectivity index (χ2v) is 15.1. The summed E-state index contributed by atoms with van der Waals surface area (Å²) < 4.78 is 13.0. The van der Waals surface area contributed by atoms with Gasteiger partial charge in [-0.05, 0) is 105 Å². The first kappa shape index (κ1) is 32.6. The summed E-state index contributed by atoms with van der Waals surface area (Å²) in [7, 11) is 0. The number of allylic oxidation sites excluding steroid dienone is 4. The molecule has 3 heterocycles. The number of rotatable bonds is 5. The van der Waals surface area contributed by atoms with Crippen LogP contribution in [0.2, 0.25) is 0 Å². The Morgan fingerprint density at radius 1 is 0.379 bits per heavy atom. The zero-order valence-electron chi connectivity index (χ0n) is 31.3. The van der Waals surface area contributed by atoms with Crippen molar-refractivity contribution < 1.29 is 8.83 Å². The van der Waals surface area contributed by atoms with Crippen molar-refractivity contribution in [2.75, 3.05) is 0 Å². The summed E-state index contributed by atoms with van der Waals surface area (Å²) in [6.45, 7) is 0. The molecule has 0 bridgehead atoms. The number of hydrogen-bond donors (Lipinski definition) is 0. The Labute approximate surface area is 333 Å². The molecule has 1 aliphatic carbocycles. The van der Waals surface area contributed by atoms with E-state index in [1.54, 1.807) is 0 Å². The third-order valence-corrected chi connectivity index (χ3v) is 11.5. The number of fused-ring (bicyclic) bond motifs is 8. The Bertz CT molecular complexity index is 3510. The van der Waals surface area contributed by atoms with E-state index in [4.69, 9.17) is 23.8 Å². The van der Waals surface area contributed by atoms with Crippen LogP contribution in [0, 0.1) is 0 Å². The maximum atomic E-state index is 6.50. The molecule has 58 heavy (non-hydrogen) atoms. The summed E-state index contributed by atoms with van der Waals surface area (Å²) >= 11 is 0. The van der Waals surface area contributed by atoms with Crippen LogP contribution in [-0.4, -0.2) is 15.0 Å². The lowest BCUT2D eigenvalue weighted by molar-refractivity contribution is 0.669. The van der Waals surface area contributed by atoms with Crippen LogP contribution >= 0.6 is 0 Å². The number of nitrogens with zero attached hydrogens (tertiary/aromatic N) is 3. The zero-order valence-corrected chi connectivity index (χ0v) is 31.3. The zero-order chi connectivity index (χ0) is 38.2. The predicted octanol–water partition coefficient (Wildman–Crippen LogP) is 14.4. The summed E-state index contributed by atoms with van der Waals surface area (Å²) in [5.41, 5.74) is 10.6. The summed E-state index contributed by atoms with van der Waals surface area (Å²) in [4.78, 5) is 15.5. The Balaban J connectivity index is 1.01. The largest absolute Gasteiger partial charge is 0.456 e. The fraction of sp³-hybridized carbons (Fsp3) is 0.0377. The van der Waals surface area contributed by atoms with Gasteiger partial charge in [-0.3, -0.25) is 0 Å². The molecule has 0 fully saturated rings. The molecular weight excluding hydrogens is 711 g/mol. The Morgan fingerprint density at radius 2 is 1.03 bits per heavy atom. The number of aromatic nitrogens is 3. The van der Waals surface area contributed by atoms with E-state index in [0.717, 1.165) is 89.9 Å². The molecule has 0 N–H and O–H groups in total. The van der Waals surface area contributed by atoms with Crippen LogP contribution in [0.1, 0.15) is 18.4 Å². The lowest BCUT2D eigenvalue weighted by Gasteiger charge is -2.11. The maximum absolute atomic E-state index is 6.50. The molecule has 3 aromatic heterocycles. The molecule has 5 nitrogen and oxygen atoms in total. The van der Waals surface area contributed by atoms with Gasteiger partial charge in [-0.15, -0.1) is 0 Å². The third-order valence-electron chi connectivity index (χ3n) is 11.5. The van der Waals surface area contributed by atoms with Crippen LogP contribution in [0.25, 0.3) is 116 Å². The smallest absolute Gasteiger partial charge is 0.164 e. The van der Waals surface area contributed by atoms with Gasteiger partial charge < -0.3 is 8.83 Å². The van der Waals surface area contributed by atoms with Gasteiger partial charge in [0.1, 0.15) is 22.3 Å². The average Bonchev–Trinajstić information content (AvgIpc) is 3.85. The normalized spacial score (nSPS) is 13.1. The van der Waals surface area contributed by atoms with E-state index in [2.05, 4.69) is 164 Å². The first-order chi connectivity index (χ1) is 28.7. The van der Waals surface area contributed by atoms with E-state index in [0.29, 0.717) is 17.5 Å². The molecule has 8 aromatic carbocycles. The fourth-order valence-corrected chi connectivity index (χ4v) is 8.56. The van der Waals surface area contributed by atoms with Crippen molar-refractivity contribution in [1.82, 2.24) is 15.0 Å². The maximum Gasteiger partial charge on any atom is 0.164 e. The predicted molar refractivity (Wildman–Crippen MR) is 237 cm³/mol. The lowest BCUT2D eigenvalue weighted by atomic mass is 9.98. The monoisotopic (exact) mass is 743 g/mol. The van der Waals surface area contributed by atoms with Gasteiger partial charge in [0.25, 0.3) is 0 Å². The van der Waals surface area contributed by atoms with Crippen LogP contribution in [-0.2, 0) is 0 Å². The van der Waals surface area contributed by atoms with Crippen LogP contribution in [0.3, 0.4) is 0 Å². The van der Waals surface area contributed by atoms with Gasteiger partial charge in [0.2, 0.25) is 0 Å². The standard InChI is InChI=1S/C53H33N3O2/c1-2-9-32(10-3-1)34-17-20-35(21-18-34)51-54-52(41-22-19-33-11-4-5-12-36(33)27-41)56-53(55-51)43-15-8-16-47-50(43)45-29-39(24-26-46(45)57-47)40-23-25-42-44-28-37-13-6-7-14-38(37)30-49(44)58-48(42)31-40/h2,4-31H,1,3H2. The second kappa shape index (κ2) is 13.0. The van der Waals surface area contributed by atoms with Crippen molar-refractivity contribution >= 4 is 71.0 Å². The minimum atomic E-state index is 0.588. The van der Waals surface area contributed by atoms with Crippen molar-refractivity contribution in [3.8, 4) is 45.3 Å². The molecule has 11 aromatic rings. The third kappa shape index (κ3) is 5.43. The van der Waals surface area contributed by atoms with Crippen LogP contribution < -0.4 is 0 Å². The molecule has 0 unspecified atom stereocenters. The van der Waals surface area contributed by atoms with Crippen molar-refractivity contribution in [3.63, 3.8) is 0 Å². The topological polar surface area (TPSA) is 65.0 Å². The van der Waals surface area contributed by atoms with E-state index < -0.39 is 0 Å². The van der Waals surface area contributed by atoms with Gasteiger partial charge in [-0.1, -0.05) is 127 Å². The highest BCUT2D eigenvalue weighted by Crippen LogP contribution is 2.40. The number of hydrogen-bond acceptors (Lipinski definition) is 5. The minimum Gasteiger partial charge on any atom is -0.456 e. The van der Waals surface area contributed by atoms with E-state index in [9.17, 15) is 0 Å². The Kier molecular flexibility index (Phi) is 7.29. The molecular formula is C53H33N3O2. The summed E-state index contributed by atoms with van der Waals surface area (Å²) in [5.74, 6) is 1.82. The van der Waals surface area contributed by atoms with E-state index in [1.807, 2.05) is 12.1 Å². The van der Waals surface area contributed by atoms with Gasteiger partial charge in [0.05, 0.1) is 0 Å². The van der Waals surface area contributed by atoms with Crippen molar-refractivity contribution in [1.29, 1.82) is 0 Å². The molecule has 272 valence electrons. The van der Waals surface area contributed by atoms with Crippen LogP contribution in [0.4, 0.5) is 0 Å². The SMILES string of the molecule is C1=CC(c2ccc(-c3nc(-c4ccc5ccccc5c4)nc(-c4cccc5oc6ccc(-c7ccc8c(c7)oc7cc9ccccc9cc78)cc6c45)n3)cc2)=CCC1. The Morgan fingerprint density at radius 3 is 1.86 bits per heavy atom. The van der Waals surface area contributed by atoms with Crippen LogP contribution in [0.15, 0.2) is 185 Å². The summed E-state index contributed by atoms with van der Waals surface area (Å²) in [5, 5.41) is 8.85. The van der Waals surface area contributed by atoms with Gasteiger partial charge in [0.15, 0.2) is 17.5 Å². The molecule has 5 heteroatoms. The van der Waals surface area contributed by atoms with Crippen molar-refractivity contribution in [3.05, 3.63) is 182 Å². The highest BCUT2D eigenvalue weighted by molar-refractivity contribution is 6.14. The van der Waals surface area contributed by atoms with Gasteiger partial charge in [0, 0.05) is 38.2 Å². The molecule has 0 saturated carbocycles. The molecule has 0 aliphatic heterocycles. The first-order valence-electron chi connectivity index (χ1n) is 19.7. The second-order valence-electron chi connectivity index (χ2n) is 15.1. The summed E-state index contributed by atoms with van der Waals surface area (Å²) in [6.07, 6.45) is 8.89. The quantitative estimate of drug-likeness (QED) is 0.176. The van der Waals surface area contributed by atoms with Gasteiger partial charge >= 0.3 is 0 Å². The molecule has 0 spiro atoms. The van der Waals surface area contributed by atoms with Crippen LogP contribution in [0.5, 0.6) is 0 Å². The molecule has 0 atom stereocenters. The fourth-order valence-electron chi connectivity index (χ4n) is 8.56. The van der Waals surface area contributed by atoms with E-state index in [1.165, 1.54) is 27.3 Å². The molecule has 1 aliphatic rings. The number of benzene rings is 8. The van der Waals surface area contributed by atoms with Gasteiger partial charge in [-0.2, -0.15) is 0 Å². The van der Waals surface area contributed by atoms with E-state index in [-0.39, 0.29) is 0 Å². The number of furan rings is 2. The Hall–Kier alpha value is -7.63. The average molecular weight is 744 g/mol. The minimum absolute atomic E-state index is 0.588. The molecule has 12 rings (SSSR count).